The van der Waals surface area contributed by atoms with Crippen molar-refractivity contribution in [3.05, 3.63) is 29.8 Å². The Morgan fingerprint density at radius 1 is 1.30 bits per heavy atom. The quantitative estimate of drug-likeness (QED) is 0.796. The van der Waals surface area contributed by atoms with Gasteiger partial charge in [0.05, 0.1) is 4.90 Å². The number of rotatable bonds is 8. The van der Waals surface area contributed by atoms with E-state index >= 15 is 0 Å². The summed E-state index contributed by atoms with van der Waals surface area (Å²) in [6.07, 6.45) is 3.77. The average molecular weight is 316 g/mol. The van der Waals surface area contributed by atoms with Crippen LogP contribution in [0, 0.1) is 0 Å². The van der Waals surface area contributed by atoms with Crippen molar-refractivity contribution in [1.29, 1.82) is 0 Å². The van der Waals surface area contributed by atoms with Crippen LogP contribution in [0.25, 0.3) is 0 Å². The molecule has 2 N–H and O–H groups in total. The topological polar surface area (TPSA) is 63.4 Å². The predicted molar refractivity (Wildman–Crippen MR) is 86.6 cm³/mol. The van der Waals surface area contributed by atoms with E-state index in [0.717, 1.165) is 24.2 Å². The van der Waals surface area contributed by atoms with Crippen LogP contribution in [0.5, 0.6) is 0 Å². The van der Waals surface area contributed by atoms with E-state index in [1.54, 1.807) is 30.9 Å². The highest BCUT2D eigenvalue weighted by Crippen LogP contribution is 2.19. The lowest BCUT2D eigenvalue weighted by Crippen LogP contribution is -2.36. The molecule has 0 bridgehead atoms. The van der Waals surface area contributed by atoms with Crippen molar-refractivity contribution in [1.82, 2.24) is 4.31 Å². The molecule has 0 amide bonds. The minimum absolute atomic E-state index is 0.0214. The number of hydrogen-bond acceptors (Lipinski definition) is 4. The van der Waals surface area contributed by atoms with Gasteiger partial charge in [0, 0.05) is 18.8 Å². The summed E-state index contributed by atoms with van der Waals surface area (Å²) < 4.78 is 26.4. The van der Waals surface area contributed by atoms with Crippen LogP contribution in [0.2, 0.25) is 0 Å². The fraction of sp³-hybridized carbons (Fsp3) is 0.571. The van der Waals surface area contributed by atoms with E-state index in [2.05, 4.69) is 0 Å². The lowest BCUT2D eigenvalue weighted by atomic mass is 10.1. The van der Waals surface area contributed by atoms with Gasteiger partial charge in [-0.2, -0.15) is 16.1 Å². The first-order valence-corrected chi connectivity index (χ1v) is 9.53. The fourth-order valence-electron chi connectivity index (χ4n) is 1.88. The first-order valence-electron chi connectivity index (χ1n) is 6.69. The van der Waals surface area contributed by atoms with Gasteiger partial charge in [0.15, 0.2) is 0 Å². The summed E-state index contributed by atoms with van der Waals surface area (Å²) in [7, 11) is -1.76. The molecule has 0 aliphatic rings. The van der Waals surface area contributed by atoms with Crippen LogP contribution in [-0.4, -0.2) is 44.4 Å². The molecule has 1 aromatic rings. The summed E-state index contributed by atoms with van der Waals surface area (Å²) in [5, 5.41) is 0. The van der Waals surface area contributed by atoms with Gasteiger partial charge in [0.2, 0.25) is 10.0 Å². The number of nitrogens with zero attached hydrogens (tertiary/aromatic N) is 1. The fourth-order valence-corrected chi connectivity index (χ4v) is 4.04. The lowest BCUT2D eigenvalue weighted by molar-refractivity contribution is 0.415. The van der Waals surface area contributed by atoms with Crippen LogP contribution in [0.1, 0.15) is 18.9 Å². The van der Waals surface area contributed by atoms with Crippen molar-refractivity contribution >= 4 is 21.8 Å². The van der Waals surface area contributed by atoms with Crippen LogP contribution >= 0.6 is 11.8 Å². The van der Waals surface area contributed by atoms with Crippen molar-refractivity contribution in [3.63, 3.8) is 0 Å². The molecule has 0 saturated heterocycles. The molecule has 0 heterocycles. The van der Waals surface area contributed by atoms with Gasteiger partial charge >= 0.3 is 0 Å². The van der Waals surface area contributed by atoms with Crippen LogP contribution in [0.3, 0.4) is 0 Å². The molecule has 0 spiro atoms. The molecule has 1 aromatic carbocycles. The minimum Gasteiger partial charge on any atom is -0.330 e. The highest BCUT2D eigenvalue weighted by molar-refractivity contribution is 7.98. The number of aryl methyl sites for hydroxylation is 1. The average Bonchev–Trinajstić information content (AvgIpc) is 2.45. The standard InChI is InChI=1S/C14H24N2O2S2/c1-12(11-19-3)16(2)20(17,18)14-8-6-13(7-9-14)5-4-10-15/h6-9,12H,4-5,10-11,15H2,1-3H3. The van der Waals surface area contributed by atoms with E-state index in [9.17, 15) is 8.42 Å². The zero-order valence-corrected chi connectivity index (χ0v) is 14.0. The molecule has 0 aromatic heterocycles. The first kappa shape index (κ1) is 17.5. The van der Waals surface area contributed by atoms with Crippen LogP contribution < -0.4 is 5.73 Å². The number of thioether (sulfide) groups is 1. The maximum absolute atomic E-state index is 12.5. The zero-order chi connectivity index (χ0) is 15.2. The van der Waals surface area contributed by atoms with Crippen molar-refractivity contribution < 1.29 is 8.42 Å². The van der Waals surface area contributed by atoms with Gasteiger partial charge in [-0.3, -0.25) is 0 Å². The van der Waals surface area contributed by atoms with E-state index in [1.165, 1.54) is 4.31 Å². The van der Waals surface area contributed by atoms with Crippen molar-refractivity contribution in [2.45, 2.75) is 30.7 Å². The maximum atomic E-state index is 12.5. The van der Waals surface area contributed by atoms with Gasteiger partial charge in [0.1, 0.15) is 0 Å². The third kappa shape index (κ3) is 4.48. The predicted octanol–water partition coefficient (Wildman–Crippen LogP) is 1.95. The van der Waals surface area contributed by atoms with E-state index in [0.29, 0.717) is 11.4 Å². The Hall–Kier alpha value is -0.560. The Kier molecular flexibility index (Phi) is 7.02. The molecule has 114 valence electrons. The highest BCUT2D eigenvalue weighted by atomic mass is 32.2. The molecule has 1 atom stereocenters. The third-order valence-electron chi connectivity index (χ3n) is 3.30. The van der Waals surface area contributed by atoms with Gasteiger partial charge in [-0.25, -0.2) is 8.42 Å². The van der Waals surface area contributed by atoms with E-state index < -0.39 is 10.0 Å². The summed E-state index contributed by atoms with van der Waals surface area (Å²) >= 11 is 1.64. The Balaban J connectivity index is 2.87. The Morgan fingerprint density at radius 3 is 2.40 bits per heavy atom. The van der Waals surface area contributed by atoms with Gasteiger partial charge in [-0.1, -0.05) is 12.1 Å². The molecule has 4 nitrogen and oxygen atoms in total. The molecule has 0 fully saturated rings. The normalized spacial score (nSPS) is 13.7. The summed E-state index contributed by atoms with van der Waals surface area (Å²) in [4.78, 5) is 0.351. The molecular formula is C14H24N2O2S2. The Labute approximate surface area is 126 Å². The number of benzene rings is 1. The van der Waals surface area contributed by atoms with E-state index in [-0.39, 0.29) is 6.04 Å². The molecule has 0 saturated carbocycles. The summed E-state index contributed by atoms with van der Waals surface area (Å²) in [5.41, 5.74) is 6.59. The second kappa shape index (κ2) is 8.02. The third-order valence-corrected chi connectivity index (χ3v) is 6.10. The molecular weight excluding hydrogens is 292 g/mol. The second-order valence-electron chi connectivity index (χ2n) is 4.86. The van der Waals surface area contributed by atoms with Gasteiger partial charge < -0.3 is 5.73 Å². The van der Waals surface area contributed by atoms with Crippen LogP contribution in [0.4, 0.5) is 0 Å². The molecule has 1 unspecified atom stereocenters. The van der Waals surface area contributed by atoms with Gasteiger partial charge in [0.25, 0.3) is 0 Å². The van der Waals surface area contributed by atoms with E-state index in [1.807, 2.05) is 25.3 Å². The molecule has 20 heavy (non-hydrogen) atoms. The minimum atomic E-state index is -3.40. The Bertz CT molecular complexity index is 500. The first-order chi connectivity index (χ1) is 9.43. The molecule has 0 aliphatic carbocycles. The molecule has 0 aliphatic heterocycles. The van der Waals surface area contributed by atoms with Crippen LogP contribution in [0.15, 0.2) is 29.2 Å². The van der Waals surface area contributed by atoms with Gasteiger partial charge in [-0.05, 0) is 50.3 Å². The van der Waals surface area contributed by atoms with Gasteiger partial charge in [-0.15, -0.1) is 0 Å². The number of hydrogen-bond donors (Lipinski definition) is 1. The largest absolute Gasteiger partial charge is 0.330 e. The zero-order valence-electron chi connectivity index (χ0n) is 12.4. The van der Waals surface area contributed by atoms with E-state index in [4.69, 9.17) is 5.73 Å². The second-order valence-corrected chi connectivity index (χ2v) is 7.77. The lowest BCUT2D eigenvalue weighted by Gasteiger charge is -2.23. The summed E-state index contributed by atoms with van der Waals surface area (Å²) in [6.45, 7) is 2.57. The maximum Gasteiger partial charge on any atom is 0.243 e. The summed E-state index contributed by atoms with van der Waals surface area (Å²) in [6, 6.07) is 7.09. The number of nitrogens with two attached hydrogens (primary N) is 1. The Morgan fingerprint density at radius 2 is 1.90 bits per heavy atom. The molecule has 1 rings (SSSR count). The highest BCUT2D eigenvalue weighted by Gasteiger charge is 2.24. The van der Waals surface area contributed by atoms with Crippen molar-refractivity contribution in [2.24, 2.45) is 5.73 Å². The smallest absolute Gasteiger partial charge is 0.243 e. The molecule has 0 radical (unpaired) electrons. The molecule has 6 heteroatoms. The monoisotopic (exact) mass is 316 g/mol. The summed E-state index contributed by atoms with van der Waals surface area (Å²) in [5.74, 6) is 0.782. The van der Waals surface area contributed by atoms with Crippen molar-refractivity contribution in [3.8, 4) is 0 Å². The number of sulfonamides is 1. The van der Waals surface area contributed by atoms with Crippen molar-refractivity contribution in [2.75, 3.05) is 25.6 Å². The SMILES string of the molecule is CSCC(C)N(C)S(=O)(=O)c1ccc(CCCN)cc1. The van der Waals surface area contributed by atoms with Crippen LogP contribution in [-0.2, 0) is 16.4 Å².